The van der Waals surface area contributed by atoms with Crippen molar-refractivity contribution in [2.45, 2.75) is 25.3 Å². The van der Waals surface area contributed by atoms with Gasteiger partial charge >= 0.3 is 0 Å². The Labute approximate surface area is 95.6 Å². The van der Waals surface area contributed by atoms with Gasteiger partial charge in [-0.15, -0.1) is 0 Å². The maximum atomic E-state index is 6.07. The van der Waals surface area contributed by atoms with Crippen LogP contribution in [0.25, 0.3) is 0 Å². The van der Waals surface area contributed by atoms with Gasteiger partial charge in [-0.1, -0.05) is 23.7 Å². The Morgan fingerprint density at radius 1 is 1.53 bits per heavy atom. The molecule has 1 atom stereocenters. The zero-order valence-electron chi connectivity index (χ0n) is 8.92. The van der Waals surface area contributed by atoms with Gasteiger partial charge in [-0.25, -0.2) is 0 Å². The highest BCUT2D eigenvalue weighted by Gasteiger charge is 2.17. The van der Waals surface area contributed by atoms with E-state index in [9.17, 15) is 0 Å². The lowest BCUT2D eigenvalue weighted by atomic mass is 10.0. The van der Waals surface area contributed by atoms with Crippen molar-refractivity contribution in [1.82, 2.24) is 5.32 Å². The molecule has 1 fully saturated rings. The predicted octanol–water partition coefficient (Wildman–Crippen LogP) is 2.64. The molecule has 0 radical (unpaired) electrons. The zero-order valence-corrected chi connectivity index (χ0v) is 9.68. The third-order valence-corrected chi connectivity index (χ3v) is 3.18. The number of halogens is 1. The SMILES string of the molecule is COc1c(Cl)cccc1CC1CCCN1. The van der Waals surface area contributed by atoms with Crippen LogP contribution in [0.15, 0.2) is 18.2 Å². The maximum Gasteiger partial charge on any atom is 0.140 e. The van der Waals surface area contributed by atoms with Crippen LogP contribution in [-0.2, 0) is 6.42 Å². The molecule has 0 spiro atoms. The Balaban J connectivity index is 2.15. The van der Waals surface area contributed by atoms with Crippen LogP contribution in [0.4, 0.5) is 0 Å². The van der Waals surface area contributed by atoms with Crippen LogP contribution in [-0.4, -0.2) is 19.7 Å². The van der Waals surface area contributed by atoms with E-state index < -0.39 is 0 Å². The predicted molar refractivity (Wildman–Crippen MR) is 62.7 cm³/mol. The van der Waals surface area contributed by atoms with Crippen LogP contribution in [0.2, 0.25) is 5.02 Å². The van der Waals surface area contributed by atoms with E-state index in [1.54, 1.807) is 7.11 Å². The molecule has 1 aliphatic heterocycles. The quantitative estimate of drug-likeness (QED) is 0.854. The molecule has 0 bridgehead atoms. The van der Waals surface area contributed by atoms with Crippen molar-refractivity contribution in [2.75, 3.05) is 13.7 Å². The molecule has 82 valence electrons. The lowest BCUT2D eigenvalue weighted by Crippen LogP contribution is -2.23. The molecule has 1 heterocycles. The number of nitrogens with one attached hydrogen (secondary N) is 1. The second kappa shape index (κ2) is 4.86. The fourth-order valence-electron chi connectivity index (χ4n) is 2.14. The van der Waals surface area contributed by atoms with Crippen LogP contribution in [0.1, 0.15) is 18.4 Å². The van der Waals surface area contributed by atoms with Gasteiger partial charge in [0.15, 0.2) is 0 Å². The normalized spacial score (nSPS) is 20.5. The average Bonchev–Trinajstić information content (AvgIpc) is 2.71. The van der Waals surface area contributed by atoms with Crippen LogP contribution < -0.4 is 10.1 Å². The van der Waals surface area contributed by atoms with E-state index in [1.807, 2.05) is 12.1 Å². The van der Waals surface area contributed by atoms with Crippen molar-refractivity contribution in [2.24, 2.45) is 0 Å². The first-order chi connectivity index (χ1) is 7.31. The summed E-state index contributed by atoms with van der Waals surface area (Å²) in [4.78, 5) is 0. The summed E-state index contributed by atoms with van der Waals surface area (Å²) in [5, 5.41) is 4.18. The van der Waals surface area contributed by atoms with Crippen LogP contribution >= 0.6 is 11.6 Å². The number of ether oxygens (including phenoxy) is 1. The Bertz CT molecular complexity index is 334. The first-order valence-corrected chi connectivity index (χ1v) is 5.74. The van der Waals surface area contributed by atoms with E-state index in [-0.39, 0.29) is 0 Å². The van der Waals surface area contributed by atoms with Crippen molar-refractivity contribution in [3.63, 3.8) is 0 Å². The van der Waals surface area contributed by atoms with Crippen molar-refractivity contribution in [3.8, 4) is 5.75 Å². The highest BCUT2D eigenvalue weighted by molar-refractivity contribution is 6.32. The molecular weight excluding hydrogens is 210 g/mol. The van der Waals surface area contributed by atoms with Crippen molar-refractivity contribution in [1.29, 1.82) is 0 Å². The van der Waals surface area contributed by atoms with E-state index in [4.69, 9.17) is 16.3 Å². The number of hydrogen-bond acceptors (Lipinski definition) is 2. The van der Waals surface area contributed by atoms with Gasteiger partial charge in [-0.2, -0.15) is 0 Å². The summed E-state index contributed by atoms with van der Waals surface area (Å²) in [6.45, 7) is 1.13. The fraction of sp³-hybridized carbons (Fsp3) is 0.500. The Hall–Kier alpha value is -0.730. The maximum absolute atomic E-state index is 6.07. The highest BCUT2D eigenvalue weighted by Crippen LogP contribution is 2.29. The van der Waals surface area contributed by atoms with E-state index in [2.05, 4.69) is 11.4 Å². The molecule has 1 N–H and O–H groups in total. The smallest absolute Gasteiger partial charge is 0.140 e. The second-order valence-electron chi connectivity index (χ2n) is 3.93. The molecule has 2 rings (SSSR count). The first kappa shape index (κ1) is 10.8. The fourth-order valence-corrected chi connectivity index (χ4v) is 2.41. The van der Waals surface area contributed by atoms with Crippen molar-refractivity contribution >= 4 is 11.6 Å². The molecule has 1 aliphatic rings. The standard InChI is InChI=1S/C12H16ClNO/c1-15-12-9(4-2-6-11(12)13)8-10-5-3-7-14-10/h2,4,6,10,14H,3,5,7-8H2,1H3. The molecule has 0 aliphatic carbocycles. The van der Waals surface area contributed by atoms with E-state index >= 15 is 0 Å². The monoisotopic (exact) mass is 225 g/mol. The third kappa shape index (κ3) is 2.44. The molecule has 0 amide bonds. The molecule has 1 aromatic rings. The summed E-state index contributed by atoms with van der Waals surface area (Å²) in [6, 6.07) is 6.52. The van der Waals surface area contributed by atoms with Crippen LogP contribution in [0.3, 0.4) is 0 Å². The van der Waals surface area contributed by atoms with Gasteiger partial charge in [0.05, 0.1) is 12.1 Å². The number of methoxy groups -OCH3 is 1. The molecule has 1 saturated heterocycles. The summed E-state index contributed by atoms with van der Waals surface area (Å²) in [5.74, 6) is 0.827. The van der Waals surface area contributed by atoms with E-state index in [1.165, 1.54) is 18.4 Å². The summed E-state index contributed by atoms with van der Waals surface area (Å²) < 4.78 is 5.33. The molecule has 0 aromatic heterocycles. The molecule has 2 nitrogen and oxygen atoms in total. The Morgan fingerprint density at radius 3 is 3.07 bits per heavy atom. The van der Waals surface area contributed by atoms with Gasteiger partial charge in [-0.05, 0) is 37.4 Å². The Kier molecular flexibility index (Phi) is 3.49. The van der Waals surface area contributed by atoms with Gasteiger partial charge in [0.1, 0.15) is 5.75 Å². The third-order valence-electron chi connectivity index (χ3n) is 2.88. The zero-order chi connectivity index (χ0) is 10.7. The minimum Gasteiger partial charge on any atom is -0.495 e. The van der Waals surface area contributed by atoms with Crippen LogP contribution in [0, 0.1) is 0 Å². The summed E-state index contributed by atoms with van der Waals surface area (Å²) in [5.41, 5.74) is 1.20. The van der Waals surface area contributed by atoms with Gasteiger partial charge in [0.2, 0.25) is 0 Å². The Morgan fingerprint density at radius 2 is 2.40 bits per heavy atom. The summed E-state index contributed by atoms with van der Waals surface area (Å²) in [7, 11) is 1.67. The lowest BCUT2D eigenvalue weighted by molar-refractivity contribution is 0.407. The van der Waals surface area contributed by atoms with E-state index in [0.29, 0.717) is 11.1 Å². The molecule has 15 heavy (non-hydrogen) atoms. The number of rotatable bonds is 3. The largest absolute Gasteiger partial charge is 0.495 e. The lowest BCUT2D eigenvalue weighted by Gasteiger charge is -2.14. The van der Waals surface area contributed by atoms with E-state index in [0.717, 1.165) is 18.7 Å². The van der Waals surface area contributed by atoms with Crippen molar-refractivity contribution < 1.29 is 4.74 Å². The number of benzene rings is 1. The van der Waals surface area contributed by atoms with Crippen molar-refractivity contribution in [3.05, 3.63) is 28.8 Å². The van der Waals surface area contributed by atoms with Gasteiger partial charge in [0, 0.05) is 6.04 Å². The molecule has 0 saturated carbocycles. The number of hydrogen-bond donors (Lipinski definition) is 1. The first-order valence-electron chi connectivity index (χ1n) is 5.36. The molecular formula is C12H16ClNO. The van der Waals surface area contributed by atoms with Crippen LogP contribution in [0.5, 0.6) is 5.75 Å². The van der Waals surface area contributed by atoms with Gasteiger partial charge in [-0.3, -0.25) is 0 Å². The molecule has 1 unspecified atom stereocenters. The number of para-hydroxylation sites is 1. The van der Waals surface area contributed by atoms with Gasteiger partial charge in [0.25, 0.3) is 0 Å². The minimum atomic E-state index is 0.581. The average molecular weight is 226 g/mol. The molecule has 3 heteroatoms. The topological polar surface area (TPSA) is 21.3 Å². The minimum absolute atomic E-state index is 0.581. The second-order valence-corrected chi connectivity index (χ2v) is 4.34. The van der Waals surface area contributed by atoms with Gasteiger partial charge < -0.3 is 10.1 Å². The molecule has 1 aromatic carbocycles. The highest BCUT2D eigenvalue weighted by atomic mass is 35.5. The summed E-state index contributed by atoms with van der Waals surface area (Å²) >= 11 is 6.07. The summed E-state index contributed by atoms with van der Waals surface area (Å²) in [6.07, 6.45) is 3.52.